The molecule has 1 heterocycles. The maximum absolute atomic E-state index is 12.4. The summed E-state index contributed by atoms with van der Waals surface area (Å²) in [7, 11) is 0. The number of furan rings is 1. The van der Waals surface area contributed by atoms with Gasteiger partial charge in [-0.3, -0.25) is 9.59 Å². The van der Waals surface area contributed by atoms with Gasteiger partial charge in [-0.1, -0.05) is 17.7 Å². The Hall–Kier alpha value is -2.21. The predicted molar refractivity (Wildman–Crippen MR) is 92.8 cm³/mol. The van der Waals surface area contributed by atoms with Gasteiger partial charge in [-0.05, 0) is 49.6 Å². The van der Waals surface area contributed by atoms with Crippen molar-refractivity contribution in [2.75, 3.05) is 17.3 Å². The van der Waals surface area contributed by atoms with Gasteiger partial charge in [-0.25, -0.2) is 0 Å². The number of carbonyl (C=O) groups is 2. The van der Waals surface area contributed by atoms with E-state index in [-0.39, 0.29) is 17.6 Å². The number of rotatable bonds is 7. The molecule has 1 aromatic heterocycles. The molecule has 122 valence electrons. The monoisotopic (exact) mass is 332 g/mol. The molecule has 0 saturated carbocycles. The standard InChI is InChI=1S/C17H20N2O3S/c1-12-5-7-13(8-6-12)18-16(20)14(9-11-23-2)19-17(21)15-4-3-10-22-15/h3-8,10,14H,9,11H2,1-2H3,(H,18,20)(H,19,21). The highest BCUT2D eigenvalue weighted by atomic mass is 32.2. The Bertz CT molecular complexity index is 638. The van der Waals surface area contributed by atoms with Gasteiger partial charge in [0.05, 0.1) is 6.26 Å². The molecule has 0 saturated heterocycles. The van der Waals surface area contributed by atoms with Crippen molar-refractivity contribution in [3.63, 3.8) is 0 Å². The van der Waals surface area contributed by atoms with E-state index < -0.39 is 6.04 Å². The Morgan fingerprint density at radius 1 is 1.22 bits per heavy atom. The van der Waals surface area contributed by atoms with Crippen LogP contribution in [-0.2, 0) is 4.79 Å². The van der Waals surface area contributed by atoms with E-state index >= 15 is 0 Å². The predicted octanol–water partition coefficient (Wildman–Crippen LogP) is 3.08. The van der Waals surface area contributed by atoms with Crippen LogP contribution in [0.5, 0.6) is 0 Å². The van der Waals surface area contributed by atoms with Crippen LogP contribution in [0.4, 0.5) is 5.69 Å². The lowest BCUT2D eigenvalue weighted by molar-refractivity contribution is -0.118. The van der Waals surface area contributed by atoms with Crippen molar-refractivity contribution in [3.8, 4) is 0 Å². The van der Waals surface area contributed by atoms with E-state index in [1.807, 2.05) is 37.4 Å². The number of benzene rings is 1. The molecule has 0 aliphatic carbocycles. The van der Waals surface area contributed by atoms with E-state index in [1.54, 1.807) is 23.9 Å². The molecule has 2 rings (SSSR count). The quantitative estimate of drug-likeness (QED) is 0.817. The van der Waals surface area contributed by atoms with Gasteiger partial charge in [-0.15, -0.1) is 0 Å². The highest BCUT2D eigenvalue weighted by Crippen LogP contribution is 2.11. The van der Waals surface area contributed by atoms with E-state index in [4.69, 9.17) is 4.42 Å². The Kier molecular flexibility index (Phi) is 6.29. The second-order valence-electron chi connectivity index (χ2n) is 5.14. The van der Waals surface area contributed by atoms with E-state index in [9.17, 15) is 9.59 Å². The van der Waals surface area contributed by atoms with Gasteiger partial charge in [-0.2, -0.15) is 11.8 Å². The maximum Gasteiger partial charge on any atom is 0.287 e. The van der Waals surface area contributed by atoms with Crippen LogP contribution in [-0.4, -0.2) is 29.9 Å². The fourth-order valence-electron chi connectivity index (χ4n) is 2.01. The summed E-state index contributed by atoms with van der Waals surface area (Å²) in [6.07, 6.45) is 3.94. The molecule has 0 spiro atoms. The zero-order chi connectivity index (χ0) is 16.7. The number of thioether (sulfide) groups is 1. The Balaban J connectivity index is 2.02. The molecule has 23 heavy (non-hydrogen) atoms. The van der Waals surface area contributed by atoms with E-state index in [2.05, 4.69) is 10.6 Å². The van der Waals surface area contributed by atoms with Gasteiger partial charge in [0.2, 0.25) is 5.91 Å². The van der Waals surface area contributed by atoms with Crippen molar-refractivity contribution >= 4 is 29.3 Å². The summed E-state index contributed by atoms with van der Waals surface area (Å²) < 4.78 is 5.06. The number of nitrogens with one attached hydrogen (secondary N) is 2. The van der Waals surface area contributed by atoms with Gasteiger partial charge in [0.25, 0.3) is 5.91 Å². The van der Waals surface area contributed by atoms with Gasteiger partial charge in [0.1, 0.15) is 6.04 Å². The van der Waals surface area contributed by atoms with Crippen molar-refractivity contribution in [1.82, 2.24) is 5.32 Å². The van der Waals surface area contributed by atoms with Gasteiger partial charge in [0, 0.05) is 5.69 Å². The summed E-state index contributed by atoms with van der Waals surface area (Å²) >= 11 is 1.63. The largest absolute Gasteiger partial charge is 0.459 e. The SMILES string of the molecule is CSCCC(NC(=O)c1ccco1)C(=O)Nc1ccc(C)cc1. The highest BCUT2D eigenvalue weighted by Gasteiger charge is 2.22. The van der Waals surface area contributed by atoms with Crippen molar-refractivity contribution < 1.29 is 14.0 Å². The minimum absolute atomic E-state index is 0.197. The molecule has 1 unspecified atom stereocenters. The van der Waals surface area contributed by atoms with Gasteiger partial charge in [0.15, 0.2) is 5.76 Å². The molecule has 0 bridgehead atoms. The zero-order valence-electron chi connectivity index (χ0n) is 13.2. The Morgan fingerprint density at radius 3 is 2.57 bits per heavy atom. The fraction of sp³-hybridized carbons (Fsp3) is 0.294. The van der Waals surface area contributed by atoms with E-state index in [0.717, 1.165) is 11.3 Å². The molecule has 0 aliphatic heterocycles. The number of hydrogen-bond donors (Lipinski definition) is 2. The van der Waals surface area contributed by atoms with Crippen molar-refractivity contribution in [2.24, 2.45) is 0 Å². The normalized spacial score (nSPS) is 11.7. The maximum atomic E-state index is 12.4. The van der Waals surface area contributed by atoms with Gasteiger partial charge < -0.3 is 15.1 Å². The van der Waals surface area contributed by atoms with Crippen LogP contribution in [0.25, 0.3) is 0 Å². The van der Waals surface area contributed by atoms with E-state index in [0.29, 0.717) is 12.1 Å². The Labute approximate surface area is 139 Å². The van der Waals surface area contributed by atoms with Crippen LogP contribution < -0.4 is 10.6 Å². The first-order chi connectivity index (χ1) is 11.1. The second-order valence-corrected chi connectivity index (χ2v) is 6.13. The highest BCUT2D eigenvalue weighted by molar-refractivity contribution is 7.98. The number of hydrogen-bond acceptors (Lipinski definition) is 4. The van der Waals surface area contributed by atoms with Crippen LogP contribution in [0.3, 0.4) is 0 Å². The summed E-state index contributed by atoms with van der Waals surface area (Å²) in [4.78, 5) is 24.5. The number of aryl methyl sites for hydroxylation is 1. The minimum Gasteiger partial charge on any atom is -0.459 e. The third kappa shape index (κ3) is 5.17. The second kappa shape index (κ2) is 8.43. The first kappa shape index (κ1) is 17.1. The zero-order valence-corrected chi connectivity index (χ0v) is 14.0. The molecule has 1 aromatic carbocycles. The molecule has 0 radical (unpaired) electrons. The number of anilines is 1. The molecule has 6 heteroatoms. The molecule has 5 nitrogen and oxygen atoms in total. The summed E-state index contributed by atoms with van der Waals surface area (Å²) in [5.74, 6) is 0.343. The van der Waals surface area contributed by atoms with Gasteiger partial charge >= 0.3 is 0 Å². The molecular formula is C17H20N2O3S. The van der Waals surface area contributed by atoms with Crippen LogP contribution >= 0.6 is 11.8 Å². The molecule has 0 fully saturated rings. The molecule has 2 aromatic rings. The first-order valence-electron chi connectivity index (χ1n) is 7.31. The lowest BCUT2D eigenvalue weighted by atomic mass is 10.2. The summed E-state index contributed by atoms with van der Waals surface area (Å²) in [5, 5.41) is 5.56. The smallest absolute Gasteiger partial charge is 0.287 e. The molecule has 2 amide bonds. The molecule has 1 atom stereocenters. The topological polar surface area (TPSA) is 71.3 Å². The summed E-state index contributed by atoms with van der Waals surface area (Å²) in [5.41, 5.74) is 1.83. The Morgan fingerprint density at radius 2 is 1.96 bits per heavy atom. The lowest BCUT2D eigenvalue weighted by Crippen LogP contribution is -2.44. The van der Waals surface area contributed by atoms with Crippen LogP contribution in [0.2, 0.25) is 0 Å². The number of carbonyl (C=O) groups excluding carboxylic acids is 2. The van der Waals surface area contributed by atoms with Crippen molar-refractivity contribution in [1.29, 1.82) is 0 Å². The number of amides is 2. The summed E-state index contributed by atoms with van der Waals surface area (Å²) in [6, 6.07) is 10.1. The van der Waals surface area contributed by atoms with Crippen LogP contribution in [0.15, 0.2) is 47.1 Å². The average molecular weight is 332 g/mol. The summed E-state index contributed by atoms with van der Waals surface area (Å²) in [6.45, 7) is 1.98. The van der Waals surface area contributed by atoms with Crippen LogP contribution in [0, 0.1) is 6.92 Å². The fourth-order valence-corrected chi connectivity index (χ4v) is 2.48. The molecule has 2 N–H and O–H groups in total. The van der Waals surface area contributed by atoms with E-state index in [1.165, 1.54) is 6.26 Å². The lowest BCUT2D eigenvalue weighted by Gasteiger charge is -2.17. The molecule has 0 aliphatic rings. The van der Waals surface area contributed by atoms with Crippen LogP contribution in [0.1, 0.15) is 22.5 Å². The molecular weight excluding hydrogens is 312 g/mol. The van der Waals surface area contributed by atoms with Crippen molar-refractivity contribution in [3.05, 3.63) is 54.0 Å². The third-order valence-corrected chi connectivity index (χ3v) is 3.94. The first-order valence-corrected chi connectivity index (χ1v) is 8.70. The third-order valence-electron chi connectivity index (χ3n) is 3.30. The minimum atomic E-state index is -0.610. The van der Waals surface area contributed by atoms with Crippen molar-refractivity contribution in [2.45, 2.75) is 19.4 Å². The average Bonchev–Trinajstić information content (AvgIpc) is 3.08.